The Hall–Kier alpha value is -2.30. The lowest BCUT2D eigenvalue weighted by Crippen LogP contribution is -2.25. The number of nitrogens with zero attached hydrogens (tertiary/aromatic N) is 2. The van der Waals surface area contributed by atoms with Gasteiger partial charge in [-0.3, -0.25) is 4.79 Å². The van der Waals surface area contributed by atoms with Crippen LogP contribution in [-0.4, -0.2) is 20.6 Å². The Morgan fingerprint density at radius 1 is 1.24 bits per heavy atom. The Bertz CT molecular complexity index is 703. The van der Waals surface area contributed by atoms with Crippen molar-refractivity contribution in [1.82, 2.24) is 9.55 Å². The maximum atomic E-state index is 12.1. The van der Waals surface area contributed by atoms with Crippen LogP contribution < -0.4 is 5.32 Å². The molecule has 5 heteroatoms. The zero-order valence-corrected chi connectivity index (χ0v) is 11.7. The first kappa shape index (κ1) is 12.4. The summed E-state index contributed by atoms with van der Waals surface area (Å²) in [5.74, 6) is 2.21. The highest BCUT2D eigenvalue weighted by molar-refractivity contribution is 5.94. The van der Waals surface area contributed by atoms with E-state index in [9.17, 15) is 9.90 Å². The molecule has 5 nitrogen and oxygen atoms in total. The molecule has 1 atom stereocenters. The predicted octanol–water partition coefficient (Wildman–Crippen LogP) is 2.40. The summed E-state index contributed by atoms with van der Waals surface area (Å²) in [5, 5.41) is 12.4. The molecule has 1 aromatic heterocycles. The molecule has 1 amide bonds. The molecular formula is C16H17N3O2. The Balaban J connectivity index is 1.82. The third-order valence-corrected chi connectivity index (χ3v) is 4.38. The molecule has 1 aromatic carbocycles. The summed E-state index contributed by atoms with van der Waals surface area (Å²) < 4.78 is 2.16. The number of imidazole rings is 1. The van der Waals surface area contributed by atoms with Crippen LogP contribution in [0.3, 0.4) is 0 Å². The zero-order chi connectivity index (χ0) is 14.4. The molecule has 2 aliphatic heterocycles. The fraction of sp³-hybridized carbons (Fsp3) is 0.375. The molecule has 0 saturated heterocycles. The van der Waals surface area contributed by atoms with Gasteiger partial charge in [0.15, 0.2) is 0 Å². The summed E-state index contributed by atoms with van der Waals surface area (Å²) in [4.78, 5) is 16.9. The van der Waals surface area contributed by atoms with Crippen molar-refractivity contribution in [3.05, 3.63) is 41.3 Å². The number of fused-ring (bicyclic) bond motifs is 3. The van der Waals surface area contributed by atoms with Gasteiger partial charge in [-0.1, -0.05) is 12.1 Å². The molecule has 2 N–H and O–H groups in total. The molecule has 2 aromatic rings. The molecule has 2 aliphatic rings. The van der Waals surface area contributed by atoms with Crippen LogP contribution in [0.15, 0.2) is 24.3 Å². The maximum absolute atomic E-state index is 12.1. The first-order valence-corrected chi connectivity index (χ1v) is 7.40. The second-order valence-electron chi connectivity index (χ2n) is 5.77. The minimum atomic E-state index is -0.0209. The van der Waals surface area contributed by atoms with Gasteiger partial charge in [0.2, 0.25) is 5.91 Å². The highest BCUT2D eigenvalue weighted by Gasteiger charge is 2.32. The van der Waals surface area contributed by atoms with Gasteiger partial charge in [-0.05, 0) is 30.5 Å². The number of phenolic OH excluding ortho intramolecular Hbond substituents is 1. The van der Waals surface area contributed by atoms with Crippen molar-refractivity contribution in [1.29, 1.82) is 0 Å². The Morgan fingerprint density at radius 2 is 2.05 bits per heavy atom. The van der Waals surface area contributed by atoms with Crippen LogP contribution in [-0.2, 0) is 17.8 Å². The highest BCUT2D eigenvalue weighted by atomic mass is 16.3. The Labute approximate surface area is 122 Å². The minimum absolute atomic E-state index is 0.0209. The normalized spacial score (nSPS) is 20.6. The van der Waals surface area contributed by atoms with Crippen molar-refractivity contribution in [2.75, 3.05) is 5.32 Å². The number of hydrogen-bond donors (Lipinski definition) is 2. The quantitative estimate of drug-likeness (QED) is 0.844. The van der Waals surface area contributed by atoms with Crippen molar-refractivity contribution in [3.8, 4) is 5.75 Å². The van der Waals surface area contributed by atoms with Gasteiger partial charge in [0.25, 0.3) is 0 Å². The number of rotatable bonds is 1. The van der Waals surface area contributed by atoms with Gasteiger partial charge in [-0.15, -0.1) is 0 Å². The number of hydrogen-bond acceptors (Lipinski definition) is 3. The van der Waals surface area contributed by atoms with Crippen LogP contribution in [0.2, 0.25) is 0 Å². The van der Waals surface area contributed by atoms with E-state index in [4.69, 9.17) is 4.98 Å². The molecule has 4 rings (SSSR count). The smallest absolute Gasteiger partial charge is 0.226 e. The number of carbonyl (C=O) groups excluding carboxylic acids is 1. The Morgan fingerprint density at radius 3 is 2.86 bits per heavy atom. The summed E-state index contributed by atoms with van der Waals surface area (Å²) >= 11 is 0. The van der Waals surface area contributed by atoms with E-state index in [-0.39, 0.29) is 17.6 Å². The number of aryl methyl sites for hydroxylation is 1. The number of amides is 1. The molecule has 0 saturated carbocycles. The molecule has 21 heavy (non-hydrogen) atoms. The molecule has 108 valence electrons. The Kier molecular flexibility index (Phi) is 2.74. The number of benzene rings is 1. The largest absolute Gasteiger partial charge is 0.508 e. The summed E-state index contributed by atoms with van der Waals surface area (Å²) in [6.07, 6.45) is 3.68. The molecular weight excluding hydrogens is 266 g/mol. The van der Waals surface area contributed by atoms with E-state index >= 15 is 0 Å². The van der Waals surface area contributed by atoms with E-state index in [2.05, 4.69) is 9.88 Å². The highest BCUT2D eigenvalue weighted by Crippen LogP contribution is 2.38. The lowest BCUT2D eigenvalue weighted by molar-refractivity contribution is -0.116. The second kappa shape index (κ2) is 4.62. The first-order chi connectivity index (χ1) is 10.2. The van der Waals surface area contributed by atoms with E-state index in [1.807, 2.05) is 12.1 Å². The van der Waals surface area contributed by atoms with Gasteiger partial charge in [-0.2, -0.15) is 0 Å². The van der Waals surface area contributed by atoms with Gasteiger partial charge in [-0.25, -0.2) is 4.98 Å². The fourth-order valence-electron chi connectivity index (χ4n) is 3.33. The van der Waals surface area contributed by atoms with E-state index in [1.54, 1.807) is 12.1 Å². The summed E-state index contributed by atoms with van der Waals surface area (Å²) in [6.45, 7) is 0.931. The summed E-state index contributed by atoms with van der Waals surface area (Å²) in [7, 11) is 0. The molecule has 0 aliphatic carbocycles. The first-order valence-electron chi connectivity index (χ1n) is 7.40. The SMILES string of the molecule is O=C1CC(c2ccc(O)cc2)c2nc3n(c2N1)CCCC3. The number of nitrogens with one attached hydrogen (secondary N) is 1. The van der Waals surface area contributed by atoms with E-state index < -0.39 is 0 Å². The van der Waals surface area contributed by atoms with Crippen LogP contribution in [0.25, 0.3) is 0 Å². The topological polar surface area (TPSA) is 67.1 Å². The fourth-order valence-corrected chi connectivity index (χ4v) is 3.33. The molecule has 3 heterocycles. The number of carbonyl (C=O) groups is 1. The van der Waals surface area contributed by atoms with Crippen LogP contribution in [0.5, 0.6) is 5.75 Å². The zero-order valence-electron chi connectivity index (χ0n) is 11.7. The molecule has 0 bridgehead atoms. The van der Waals surface area contributed by atoms with Crippen molar-refractivity contribution in [2.24, 2.45) is 0 Å². The lowest BCUT2D eigenvalue weighted by Gasteiger charge is -2.24. The molecule has 0 fully saturated rings. The third-order valence-electron chi connectivity index (χ3n) is 4.38. The monoisotopic (exact) mass is 283 g/mol. The van der Waals surface area contributed by atoms with Crippen LogP contribution in [0, 0.1) is 0 Å². The summed E-state index contributed by atoms with van der Waals surface area (Å²) in [6, 6.07) is 7.08. The van der Waals surface area contributed by atoms with Crippen molar-refractivity contribution >= 4 is 11.7 Å². The number of phenols is 1. The molecule has 0 radical (unpaired) electrons. The van der Waals surface area contributed by atoms with Gasteiger partial charge in [0, 0.05) is 25.3 Å². The molecule has 1 unspecified atom stereocenters. The van der Waals surface area contributed by atoms with Gasteiger partial charge < -0.3 is 15.0 Å². The van der Waals surface area contributed by atoms with Crippen molar-refractivity contribution < 1.29 is 9.90 Å². The predicted molar refractivity (Wildman–Crippen MR) is 78.4 cm³/mol. The van der Waals surface area contributed by atoms with Gasteiger partial charge in [0.05, 0.1) is 5.69 Å². The van der Waals surface area contributed by atoms with E-state index in [0.29, 0.717) is 6.42 Å². The van der Waals surface area contributed by atoms with Crippen LogP contribution in [0.1, 0.15) is 42.3 Å². The average molecular weight is 283 g/mol. The van der Waals surface area contributed by atoms with Crippen molar-refractivity contribution in [3.63, 3.8) is 0 Å². The number of aromatic hydroxyl groups is 1. The van der Waals surface area contributed by atoms with E-state index in [0.717, 1.165) is 48.7 Å². The van der Waals surface area contributed by atoms with Gasteiger partial charge in [0.1, 0.15) is 17.4 Å². The second-order valence-corrected chi connectivity index (χ2v) is 5.77. The standard InChI is InChI=1S/C16H17N3O2/c20-11-6-4-10(5-7-11)12-9-14(21)18-16-15(12)17-13-3-1-2-8-19(13)16/h4-7,12,20H,1-3,8-9H2,(H,18,21). The maximum Gasteiger partial charge on any atom is 0.226 e. The summed E-state index contributed by atoms with van der Waals surface area (Å²) in [5.41, 5.74) is 2.00. The van der Waals surface area contributed by atoms with E-state index in [1.165, 1.54) is 0 Å². The van der Waals surface area contributed by atoms with Gasteiger partial charge >= 0.3 is 0 Å². The van der Waals surface area contributed by atoms with Crippen molar-refractivity contribution in [2.45, 2.75) is 38.1 Å². The average Bonchev–Trinajstić information content (AvgIpc) is 2.86. The lowest BCUT2D eigenvalue weighted by atomic mass is 9.90. The van der Waals surface area contributed by atoms with Crippen LogP contribution >= 0.6 is 0 Å². The minimum Gasteiger partial charge on any atom is -0.508 e. The third kappa shape index (κ3) is 2.00. The number of anilines is 1. The molecule has 0 spiro atoms. The number of aromatic nitrogens is 2. The van der Waals surface area contributed by atoms with Crippen LogP contribution in [0.4, 0.5) is 5.82 Å².